The molecule has 0 atom stereocenters. The molecule has 1 amide bonds. The number of benzene rings is 2. The minimum Gasteiger partial charge on any atom is -0.496 e. The van der Waals surface area contributed by atoms with Crippen molar-refractivity contribution in [3.05, 3.63) is 65.1 Å². The molecule has 0 aliphatic carbocycles. The topological polar surface area (TPSA) is 29.5 Å². The molecule has 1 heterocycles. The first-order valence-electron chi connectivity index (χ1n) is 6.67. The number of hydrogen-bond acceptors (Lipinski definition) is 4. The second-order valence-corrected chi connectivity index (χ2v) is 6.27. The Morgan fingerprint density at radius 1 is 1.09 bits per heavy atom. The highest BCUT2D eigenvalue weighted by Gasteiger charge is 2.33. The Morgan fingerprint density at radius 2 is 1.77 bits per heavy atom. The van der Waals surface area contributed by atoms with Crippen LogP contribution in [0.1, 0.15) is 5.56 Å². The molecule has 3 nitrogen and oxygen atoms in total. The molecule has 2 aromatic carbocycles. The van der Waals surface area contributed by atoms with Crippen molar-refractivity contribution >= 4 is 46.0 Å². The molecule has 0 saturated carbocycles. The number of carbonyl (C=O) groups excluding carboxylic acids is 1. The lowest BCUT2D eigenvalue weighted by Crippen LogP contribution is -2.27. The van der Waals surface area contributed by atoms with E-state index in [2.05, 4.69) is 0 Å². The molecule has 22 heavy (non-hydrogen) atoms. The number of methoxy groups -OCH3 is 1. The maximum absolute atomic E-state index is 12.6. The Kier molecular flexibility index (Phi) is 4.27. The quantitative estimate of drug-likeness (QED) is 0.627. The minimum atomic E-state index is -0.105. The maximum Gasteiger partial charge on any atom is 0.270 e. The standard InChI is InChI=1S/C17H13NO2S2/c1-20-14-10-6-5-7-12(14)11-15-16(19)18(17(21)22-15)13-8-3-2-4-9-13/h2-11H,1H3/b15-11-. The number of thiocarbonyl (C=S) groups is 1. The van der Waals surface area contributed by atoms with Gasteiger partial charge in [0.1, 0.15) is 5.75 Å². The first-order chi connectivity index (χ1) is 10.7. The van der Waals surface area contributed by atoms with Crippen LogP contribution in [0.3, 0.4) is 0 Å². The highest BCUT2D eigenvalue weighted by atomic mass is 32.2. The zero-order valence-electron chi connectivity index (χ0n) is 11.9. The van der Waals surface area contributed by atoms with Crippen LogP contribution in [0, 0.1) is 0 Å². The van der Waals surface area contributed by atoms with Crippen molar-refractivity contribution in [3.8, 4) is 5.75 Å². The van der Waals surface area contributed by atoms with Crippen molar-refractivity contribution in [3.63, 3.8) is 0 Å². The molecular weight excluding hydrogens is 314 g/mol. The summed E-state index contributed by atoms with van der Waals surface area (Å²) in [5, 5.41) is 0. The van der Waals surface area contributed by atoms with Crippen LogP contribution in [-0.4, -0.2) is 17.3 Å². The third kappa shape index (κ3) is 2.77. The first-order valence-corrected chi connectivity index (χ1v) is 7.89. The number of carbonyl (C=O) groups is 1. The fourth-order valence-corrected chi connectivity index (χ4v) is 3.48. The summed E-state index contributed by atoms with van der Waals surface area (Å²) >= 11 is 6.65. The van der Waals surface area contributed by atoms with E-state index < -0.39 is 0 Å². The summed E-state index contributed by atoms with van der Waals surface area (Å²) in [7, 11) is 1.61. The molecule has 5 heteroatoms. The van der Waals surface area contributed by atoms with Crippen LogP contribution >= 0.6 is 24.0 Å². The van der Waals surface area contributed by atoms with Crippen molar-refractivity contribution in [2.45, 2.75) is 0 Å². The molecule has 1 saturated heterocycles. The summed E-state index contributed by atoms with van der Waals surface area (Å²) < 4.78 is 5.86. The van der Waals surface area contributed by atoms with Crippen molar-refractivity contribution in [1.29, 1.82) is 0 Å². The van der Waals surface area contributed by atoms with Gasteiger partial charge < -0.3 is 4.74 Å². The van der Waals surface area contributed by atoms with E-state index in [1.807, 2.05) is 60.7 Å². The second kappa shape index (κ2) is 6.34. The fraction of sp³-hybridized carbons (Fsp3) is 0.0588. The van der Waals surface area contributed by atoms with Gasteiger partial charge in [-0.2, -0.15) is 0 Å². The van der Waals surface area contributed by atoms with E-state index in [0.29, 0.717) is 9.23 Å². The second-order valence-electron chi connectivity index (χ2n) is 4.59. The zero-order chi connectivity index (χ0) is 15.5. The molecule has 1 fully saturated rings. The van der Waals surface area contributed by atoms with Crippen LogP contribution < -0.4 is 9.64 Å². The molecule has 0 N–H and O–H groups in total. The first kappa shape index (κ1) is 14.8. The molecule has 1 aliphatic heterocycles. The van der Waals surface area contributed by atoms with E-state index in [-0.39, 0.29) is 5.91 Å². The number of anilines is 1. The van der Waals surface area contributed by atoms with Crippen LogP contribution in [0.25, 0.3) is 6.08 Å². The van der Waals surface area contributed by atoms with Gasteiger partial charge in [0.05, 0.1) is 17.7 Å². The van der Waals surface area contributed by atoms with Gasteiger partial charge in [-0.05, 0) is 24.3 Å². The molecular formula is C17H13NO2S2. The molecule has 110 valence electrons. The number of ether oxygens (including phenoxy) is 1. The lowest BCUT2D eigenvalue weighted by molar-refractivity contribution is -0.113. The largest absolute Gasteiger partial charge is 0.496 e. The smallest absolute Gasteiger partial charge is 0.270 e. The van der Waals surface area contributed by atoms with Crippen LogP contribution in [-0.2, 0) is 4.79 Å². The van der Waals surface area contributed by atoms with Crippen molar-refractivity contribution in [1.82, 2.24) is 0 Å². The highest BCUT2D eigenvalue weighted by molar-refractivity contribution is 8.27. The molecule has 1 aliphatic rings. The summed E-state index contributed by atoms with van der Waals surface area (Å²) in [6, 6.07) is 17.0. The van der Waals surface area contributed by atoms with E-state index in [1.165, 1.54) is 11.8 Å². The summed E-state index contributed by atoms with van der Waals surface area (Å²) in [6.45, 7) is 0. The lowest BCUT2D eigenvalue weighted by Gasteiger charge is -2.13. The summed E-state index contributed by atoms with van der Waals surface area (Å²) in [5.74, 6) is 0.625. The Morgan fingerprint density at radius 3 is 2.50 bits per heavy atom. The fourth-order valence-electron chi connectivity index (χ4n) is 2.19. The Labute approximate surface area is 138 Å². The number of nitrogens with zero attached hydrogens (tertiary/aromatic N) is 1. The van der Waals surface area contributed by atoms with Gasteiger partial charge in [0.15, 0.2) is 4.32 Å². The van der Waals surface area contributed by atoms with Crippen molar-refractivity contribution in [2.75, 3.05) is 12.0 Å². The van der Waals surface area contributed by atoms with Crippen LogP contribution in [0.15, 0.2) is 59.5 Å². The number of thioether (sulfide) groups is 1. The van der Waals surface area contributed by atoms with Gasteiger partial charge in [0.25, 0.3) is 5.91 Å². The predicted octanol–water partition coefficient (Wildman–Crippen LogP) is 4.10. The van der Waals surface area contributed by atoms with Gasteiger partial charge >= 0.3 is 0 Å². The molecule has 3 rings (SSSR count). The third-order valence-electron chi connectivity index (χ3n) is 3.23. The van der Waals surface area contributed by atoms with E-state index in [4.69, 9.17) is 17.0 Å². The number of hydrogen-bond donors (Lipinski definition) is 0. The van der Waals surface area contributed by atoms with Crippen LogP contribution in [0.5, 0.6) is 5.75 Å². The summed E-state index contributed by atoms with van der Waals surface area (Å²) in [6.07, 6.45) is 1.82. The summed E-state index contributed by atoms with van der Waals surface area (Å²) in [4.78, 5) is 14.8. The molecule has 0 spiro atoms. The average molecular weight is 327 g/mol. The maximum atomic E-state index is 12.6. The van der Waals surface area contributed by atoms with Crippen LogP contribution in [0.4, 0.5) is 5.69 Å². The molecule has 0 bridgehead atoms. The van der Waals surface area contributed by atoms with Gasteiger partial charge in [-0.15, -0.1) is 0 Å². The van der Waals surface area contributed by atoms with E-state index in [0.717, 1.165) is 17.0 Å². The summed E-state index contributed by atoms with van der Waals surface area (Å²) in [5.41, 5.74) is 1.65. The van der Waals surface area contributed by atoms with Crippen LogP contribution in [0.2, 0.25) is 0 Å². The molecule has 0 unspecified atom stereocenters. The lowest BCUT2D eigenvalue weighted by atomic mass is 10.2. The van der Waals surface area contributed by atoms with Gasteiger partial charge in [-0.3, -0.25) is 9.69 Å². The minimum absolute atomic E-state index is 0.105. The van der Waals surface area contributed by atoms with Gasteiger partial charge in [-0.1, -0.05) is 60.4 Å². The van der Waals surface area contributed by atoms with Crippen molar-refractivity contribution < 1.29 is 9.53 Å². The number of amides is 1. The van der Waals surface area contributed by atoms with Crippen molar-refractivity contribution in [2.24, 2.45) is 0 Å². The molecule has 2 aromatic rings. The average Bonchev–Trinajstić information content (AvgIpc) is 2.83. The van der Waals surface area contributed by atoms with Gasteiger partial charge in [-0.25, -0.2) is 0 Å². The molecule has 0 radical (unpaired) electrons. The van der Waals surface area contributed by atoms with Gasteiger partial charge in [0, 0.05) is 5.56 Å². The predicted molar refractivity (Wildman–Crippen MR) is 95.1 cm³/mol. The Hall–Kier alpha value is -2.11. The number of rotatable bonds is 3. The van der Waals surface area contributed by atoms with E-state index in [9.17, 15) is 4.79 Å². The Balaban J connectivity index is 1.96. The SMILES string of the molecule is COc1ccccc1/C=C1\SC(=S)N(c2ccccc2)C1=O. The Bertz CT molecular complexity index is 756. The third-order valence-corrected chi connectivity index (χ3v) is 4.54. The number of para-hydroxylation sites is 2. The monoisotopic (exact) mass is 327 g/mol. The van der Waals surface area contributed by atoms with E-state index >= 15 is 0 Å². The molecule has 0 aromatic heterocycles. The van der Waals surface area contributed by atoms with E-state index in [1.54, 1.807) is 12.0 Å². The normalized spacial score (nSPS) is 16.4. The van der Waals surface area contributed by atoms with Gasteiger partial charge in [0.2, 0.25) is 0 Å². The zero-order valence-corrected chi connectivity index (χ0v) is 13.5. The highest BCUT2D eigenvalue weighted by Crippen LogP contribution is 2.36.